The molecule has 6 nitrogen and oxygen atoms in total. The Bertz CT molecular complexity index is 981. The number of carboxylic acid groups (broad SMARTS) is 1. The van der Waals surface area contributed by atoms with Crippen LogP contribution in [0.4, 0.5) is 4.39 Å². The molecule has 2 aromatic carbocycles. The molecule has 0 aliphatic heterocycles. The SMILES string of the molecule is O=C(O)c1nn(-c2ccccc2-c2ccc(F)cc2)cc(O)c1=O. The Hall–Kier alpha value is -3.48. The van der Waals surface area contributed by atoms with Gasteiger partial charge in [0.2, 0.25) is 5.69 Å². The van der Waals surface area contributed by atoms with E-state index in [0.29, 0.717) is 16.8 Å². The molecule has 3 rings (SSSR count). The van der Waals surface area contributed by atoms with Crippen molar-refractivity contribution in [2.45, 2.75) is 0 Å². The van der Waals surface area contributed by atoms with Crippen molar-refractivity contribution < 1.29 is 19.4 Å². The van der Waals surface area contributed by atoms with Crippen molar-refractivity contribution >= 4 is 5.97 Å². The third kappa shape index (κ3) is 2.74. The van der Waals surface area contributed by atoms with Gasteiger partial charge in [0.1, 0.15) is 5.82 Å². The highest BCUT2D eigenvalue weighted by atomic mass is 19.1. The molecule has 24 heavy (non-hydrogen) atoms. The fraction of sp³-hybridized carbons (Fsp3) is 0. The van der Waals surface area contributed by atoms with Crippen molar-refractivity contribution in [2.75, 3.05) is 0 Å². The van der Waals surface area contributed by atoms with E-state index in [4.69, 9.17) is 5.11 Å². The highest BCUT2D eigenvalue weighted by Gasteiger charge is 2.17. The molecule has 0 fully saturated rings. The van der Waals surface area contributed by atoms with Crippen molar-refractivity contribution in [3.63, 3.8) is 0 Å². The van der Waals surface area contributed by atoms with Crippen molar-refractivity contribution in [2.24, 2.45) is 0 Å². The zero-order chi connectivity index (χ0) is 17.3. The molecule has 3 aromatic rings. The van der Waals surface area contributed by atoms with E-state index in [9.17, 15) is 19.1 Å². The number of carbonyl (C=O) groups is 1. The molecule has 0 radical (unpaired) electrons. The summed E-state index contributed by atoms with van der Waals surface area (Å²) >= 11 is 0. The maximum Gasteiger partial charge on any atom is 0.360 e. The minimum absolute atomic E-state index is 0.386. The maximum absolute atomic E-state index is 13.1. The Kier molecular flexibility index (Phi) is 3.83. The van der Waals surface area contributed by atoms with Crippen LogP contribution in [-0.4, -0.2) is 26.0 Å². The summed E-state index contributed by atoms with van der Waals surface area (Å²) in [6, 6.07) is 12.5. The van der Waals surface area contributed by atoms with Gasteiger partial charge in [0.25, 0.3) is 5.43 Å². The summed E-state index contributed by atoms with van der Waals surface area (Å²) in [5.41, 5.74) is -0.114. The third-order valence-corrected chi connectivity index (χ3v) is 3.41. The van der Waals surface area contributed by atoms with E-state index >= 15 is 0 Å². The molecule has 0 aliphatic rings. The number of hydrogen-bond acceptors (Lipinski definition) is 4. The quantitative estimate of drug-likeness (QED) is 0.771. The first-order chi connectivity index (χ1) is 11.5. The first-order valence-electron chi connectivity index (χ1n) is 6.89. The summed E-state index contributed by atoms with van der Waals surface area (Å²) < 4.78 is 14.2. The minimum atomic E-state index is -1.54. The largest absolute Gasteiger partial charge is 0.503 e. The molecule has 0 unspecified atom stereocenters. The van der Waals surface area contributed by atoms with Gasteiger partial charge in [-0.05, 0) is 23.8 Å². The zero-order valence-electron chi connectivity index (χ0n) is 12.2. The van der Waals surface area contributed by atoms with E-state index in [0.717, 1.165) is 10.9 Å². The smallest absolute Gasteiger partial charge is 0.360 e. The van der Waals surface area contributed by atoms with Gasteiger partial charge in [0.05, 0.1) is 11.9 Å². The highest BCUT2D eigenvalue weighted by molar-refractivity contribution is 5.85. The summed E-state index contributed by atoms with van der Waals surface area (Å²) in [4.78, 5) is 22.8. The lowest BCUT2D eigenvalue weighted by Crippen LogP contribution is -2.21. The summed E-state index contributed by atoms with van der Waals surface area (Å²) in [5, 5.41) is 22.5. The van der Waals surface area contributed by atoms with Gasteiger partial charge in [0.15, 0.2) is 5.75 Å². The lowest BCUT2D eigenvalue weighted by atomic mass is 10.0. The maximum atomic E-state index is 13.1. The molecule has 7 heteroatoms. The lowest BCUT2D eigenvalue weighted by molar-refractivity contribution is 0.0686. The summed E-state index contributed by atoms with van der Waals surface area (Å²) in [7, 11) is 0. The normalized spacial score (nSPS) is 10.5. The number of rotatable bonds is 3. The fourth-order valence-corrected chi connectivity index (χ4v) is 2.29. The van der Waals surface area contributed by atoms with E-state index in [1.165, 1.54) is 12.1 Å². The Morgan fingerprint density at radius 2 is 1.75 bits per heavy atom. The van der Waals surface area contributed by atoms with E-state index in [-0.39, 0.29) is 5.82 Å². The molecule has 0 atom stereocenters. The van der Waals surface area contributed by atoms with Crippen LogP contribution in [0.3, 0.4) is 0 Å². The second kappa shape index (κ2) is 5.96. The van der Waals surface area contributed by atoms with Crippen LogP contribution in [0.5, 0.6) is 5.75 Å². The number of aromatic carboxylic acids is 1. The van der Waals surface area contributed by atoms with Crippen LogP contribution < -0.4 is 5.43 Å². The molecule has 0 spiro atoms. The molecule has 0 amide bonds. The van der Waals surface area contributed by atoms with Gasteiger partial charge in [-0.25, -0.2) is 13.9 Å². The number of benzene rings is 2. The molecular formula is C17H11FN2O4. The molecule has 1 aromatic heterocycles. The van der Waals surface area contributed by atoms with Crippen LogP contribution in [-0.2, 0) is 0 Å². The second-order valence-corrected chi connectivity index (χ2v) is 4.97. The second-order valence-electron chi connectivity index (χ2n) is 4.97. The molecule has 1 heterocycles. The summed E-state index contributed by atoms with van der Waals surface area (Å²) in [6.45, 7) is 0. The number of hydrogen-bond donors (Lipinski definition) is 2. The van der Waals surface area contributed by atoms with Crippen LogP contribution in [0, 0.1) is 5.82 Å². The van der Waals surface area contributed by atoms with Crippen molar-refractivity contribution in [3.8, 4) is 22.6 Å². The number of para-hydroxylation sites is 1. The fourth-order valence-electron chi connectivity index (χ4n) is 2.29. The van der Waals surface area contributed by atoms with E-state index in [1.54, 1.807) is 36.4 Å². The molecule has 0 bridgehead atoms. The molecule has 120 valence electrons. The van der Waals surface area contributed by atoms with Crippen LogP contribution in [0.25, 0.3) is 16.8 Å². The first-order valence-corrected chi connectivity index (χ1v) is 6.89. The van der Waals surface area contributed by atoms with Crippen molar-refractivity contribution in [3.05, 3.63) is 76.5 Å². The van der Waals surface area contributed by atoms with Crippen molar-refractivity contribution in [1.82, 2.24) is 9.78 Å². The Morgan fingerprint density at radius 3 is 2.42 bits per heavy atom. The Morgan fingerprint density at radius 1 is 1.08 bits per heavy atom. The summed E-state index contributed by atoms with van der Waals surface area (Å²) in [5.74, 6) is -2.65. The van der Waals surface area contributed by atoms with Crippen molar-refractivity contribution in [1.29, 1.82) is 0 Å². The van der Waals surface area contributed by atoms with Gasteiger partial charge in [0, 0.05) is 5.56 Å². The van der Waals surface area contributed by atoms with Crippen LogP contribution >= 0.6 is 0 Å². The van der Waals surface area contributed by atoms with E-state index in [2.05, 4.69) is 5.10 Å². The van der Waals surface area contributed by atoms with E-state index in [1.807, 2.05) is 0 Å². The predicted octanol–water partition coefficient (Wildman–Crippen LogP) is 2.44. The Labute approximate surface area is 135 Å². The van der Waals surface area contributed by atoms with Gasteiger partial charge in [-0.1, -0.05) is 30.3 Å². The molecule has 2 N–H and O–H groups in total. The van der Waals surface area contributed by atoms with Crippen LogP contribution in [0.1, 0.15) is 10.5 Å². The Balaban J connectivity index is 2.23. The average Bonchev–Trinajstić information content (AvgIpc) is 2.57. The molecule has 0 aliphatic carbocycles. The monoisotopic (exact) mass is 326 g/mol. The minimum Gasteiger partial charge on any atom is -0.503 e. The molecule has 0 saturated heterocycles. The summed E-state index contributed by atoms with van der Waals surface area (Å²) in [6.07, 6.45) is 1.04. The van der Waals surface area contributed by atoms with Gasteiger partial charge < -0.3 is 10.2 Å². The molecular weight excluding hydrogens is 315 g/mol. The number of nitrogens with zero attached hydrogens (tertiary/aromatic N) is 2. The van der Waals surface area contributed by atoms with Gasteiger partial charge in [-0.2, -0.15) is 5.10 Å². The van der Waals surface area contributed by atoms with Gasteiger partial charge in [-0.3, -0.25) is 4.79 Å². The number of aromatic hydroxyl groups is 1. The predicted molar refractivity (Wildman–Crippen MR) is 83.9 cm³/mol. The van der Waals surface area contributed by atoms with Gasteiger partial charge in [-0.15, -0.1) is 0 Å². The number of halogens is 1. The number of aromatic nitrogens is 2. The topological polar surface area (TPSA) is 92.4 Å². The van der Waals surface area contributed by atoms with Crippen LogP contribution in [0.2, 0.25) is 0 Å². The highest BCUT2D eigenvalue weighted by Crippen LogP contribution is 2.26. The van der Waals surface area contributed by atoms with Gasteiger partial charge >= 0.3 is 5.97 Å². The number of carboxylic acids is 1. The third-order valence-electron chi connectivity index (χ3n) is 3.41. The van der Waals surface area contributed by atoms with Crippen LogP contribution in [0.15, 0.2) is 59.5 Å². The van der Waals surface area contributed by atoms with E-state index < -0.39 is 22.8 Å². The molecule has 0 saturated carbocycles. The average molecular weight is 326 g/mol. The standard InChI is InChI=1S/C17H11FN2O4/c18-11-7-5-10(6-8-11)12-3-1-2-4-13(12)20-9-14(21)16(22)15(19-20)17(23)24/h1-9,21H,(H,23,24). The first kappa shape index (κ1) is 15.4. The lowest BCUT2D eigenvalue weighted by Gasteiger charge is -2.12. The zero-order valence-corrected chi connectivity index (χ0v) is 12.2.